The van der Waals surface area contributed by atoms with Crippen LogP contribution in [-0.4, -0.2) is 67.7 Å². The first-order valence-electron chi connectivity index (χ1n) is 8.16. The summed E-state index contributed by atoms with van der Waals surface area (Å²) in [5.41, 5.74) is 1.42. The Bertz CT molecular complexity index is 667. The second kappa shape index (κ2) is 6.54. The van der Waals surface area contributed by atoms with E-state index < -0.39 is 0 Å². The number of rotatable bonds is 4. The maximum atomic E-state index is 12.9. The van der Waals surface area contributed by atoms with Gasteiger partial charge in [-0.05, 0) is 11.4 Å². The summed E-state index contributed by atoms with van der Waals surface area (Å²) < 4.78 is 5.35. The lowest BCUT2D eigenvalue weighted by Gasteiger charge is -2.28. The van der Waals surface area contributed by atoms with E-state index in [2.05, 4.69) is 15.5 Å². The van der Waals surface area contributed by atoms with Gasteiger partial charge in [-0.25, -0.2) is 4.79 Å². The Labute approximate surface area is 144 Å². The standard InChI is InChI=1S/C16H20N4O3S/c21-15-13-11(10-20(15)4-3-19-5-7-23-8-6-19)17-16(22)18-14(13)12-2-1-9-24-12/h1-2,9,14H,3-8,10H2,(H2,17,18,22)/t14-/m1/s1. The molecule has 4 heterocycles. The van der Waals surface area contributed by atoms with Crippen LogP contribution < -0.4 is 10.6 Å². The predicted molar refractivity (Wildman–Crippen MR) is 89.6 cm³/mol. The summed E-state index contributed by atoms with van der Waals surface area (Å²) in [6.07, 6.45) is 0. The maximum Gasteiger partial charge on any atom is 0.319 e. The maximum absolute atomic E-state index is 12.9. The van der Waals surface area contributed by atoms with Crippen molar-refractivity contribution in [2.24, 2.45) is 0 Å². The van der Waals surface area contributed by atoms with Gasteiger partial charge in [0.15, 0.2) is 0 Å². The van der Waals surface area contributed by atoms with Crippen LogP contribution in [0.1, 0.15) is 10.9 Å². The van der Waals surface area contributed by atoms with E-state index in [-0.39, 0.29) is 18.0 Å². The number of ether oxygens (including phenoxy) is 1. The van der Waals surface area contributed by atoms with Crippen molar-refractivity contribution in [2.45, 2.75) is 6.04 Å². The van der Waals surface area contributed by atoms with Crippen molar-refractivity contribution in [1.82, 2.24) is 20.4 Å². The minimum atomic E-state index is -0.338. The molecule has 1 aromatic heterocycles. The monoisotopic (exact) mass is 348 g/mol. The summed E-state index contributed by atoms with van der Waals surface area (Å²) in [6, 6.07) is 3.31. The average molecular weight is 348 g/mol. The van der Waals surface area contributed by atoms with Crippen LogP contribution in [0.15, 0.2) is 28.8 Å². The molecule has 0 bridgehead atoms. The Morgan fingerprint density at radius 3 is 2.83 bits per heavy atom. The summed E-state index contributed by atoms with van der Waals surface area (Å²) in [5, 5.41) is 7.64. The SMILES string of the molecule is O=C1NC2=C(C(=O)N(CCN3CCOCC3)C2)[C@@H](c2cccs2)N1. The lowest BCUT2D eigenvalue weighted by molar-refractivity contribution is -0.126. The van der Waals surface area contributed by atoms with Gasteiger partial charge in [-0.3, -0.25) is 9.69 Å². The van der Waals surface area contributed by atoms with Crippen LogP contribution >= 0.6 is 11.3 Å². The van der Waals surface area contributed by atoms with Gasteiger partial charge in [-0.1, -0.05) is 6.07 Å². The van der Waals surface area contributed by atoms with Crippen LogP contribution in [0.25, 0.3) is 0 Å². The topological polar surface area (TPSA) is 73.9 Å². The fraction of sp³-hybridized carbons (Fsp3) is 0.500. The summed E-state index contributed by atoms with van der Waals surface area (Å²) in [7, 11) is 0. The first-order valence-corrected chi connectivity index (χ1v) is 9.03. The quantitative estimate of drug-likeness (QED) is 0.833. The minimum Gasteiger partial charge on any atom is -0.379 e. The molecule has 0 spiro atoms. The predicted octanol–water partition coefficient (Wildman–Crippen LogP) is 0.531. The molecule has 4 rings (SSSR count). The summed E-state index contributed by atoms with van der Waals surface area (Å²) >= 11 is 1.55. The van der Waals surface area contributed by atoms with Crippen molar-refractivity contribution in [3.05, 3.63) is 33.7 Å². The average Bonchev–Trinajstić information content (AvgIpc) is 3.22. The van der Waals surface area contributed by atoms with Gasteiger partial charge in [0.2, 0.25) is 0 Å². The number of amides is 3. The first-order chi connectivity index (χ1) is 11.7. The molecule has 0 aromatic carbocycles. The van der Waals surface area contributed by atoms with Gasteiger partial charge in [-0.15, -0.1) is 11.3 Å². The van der Waals surface area contributed by atoms with Gasteiger partial charge < -0.3 is 20.3 Å². The molecule has 3 aliphatic heterocycles. The highest BCUT2D eigenvalue weighted by atomic mass is 32.1. The number of hydrogen-bond donors (Lipinski definition) is 2. The van der Waals surface area contributed by atoms with Gasteiger partial charge in [0.1, 0.15) is 0 Å². The number of thiophene rings is 1. The van der Waals surface area contributed by atoms with Crippen molar-refractivity contribution < 1.29 is 14.3 Å². The molecule has 3 aliphatic rings. The van der Waals surface area contributed by atoms with Crippen LogP contribution in [0, 0.1) is 0 Å². The van der Waals surface area contributed by atoms with Gasteiger partial charge in [0, 0.05) is 31.1 Å². The van der Waals surface area contributed by atoms with E-state index in [1.54, 1.807) is 11.3 Å². The Kier molecular flexibility index (Phi) is 4.26. The fourth-order valence-corrected chi connectivity index (χ4v) is 4.15. The lowest BCUT2D eigenvalue weighted by atomic mass is 10.0. The Morgan fingerprint density at radius 2 is 2.08 bits per heavy atom. The van der Waals surface area contributed by atoms with Crippen LogP contribution in [0.5, 0.6) is 0 Å². The third kappa shape index (κ3) is 2.92. The van der Waals surface area contributed by atoms with Crippen molar-refractivity contribution in [2.75, 3.05) is 45.9 Å². The van der Waals surface area contributed by atoms with E-state index >= 15 is 0 Å². The van der Waals surface area contributed by atoms with Crippen LogP contribution in [-0.2, 0) is 9.53 Å². The Balaban J connectivity index is 1.47. The molecule has 1 aromatic rings. The largest absolute Gasteiger partial charge is 0.379 e. The van der Waals surface area contributed by atoms with Gasteiger partial charge in [-0.2, -0.15) is 0 Å². The third-order valence-electron chi connectivity index (χ3n) is 4.64. The molecule has 0 radical (unpaired) electrons. The molecule has 24 heavy (non-hydrogen) atoms. The van der Waals surface area contributed by atoms with Crippen LogP contribution in [0.3, 0.4) is 0 Å². The summed E-state index contributed by atoms with van der Waals surface area (Å²) in [6.45, 7) is 5.30. The van der Waals surface area contributed by atoms with E-state index in [0.717, 1.165) is 43.4 Å². The molecule has 0 unspecified atom stereocenters. The molecular weight excluding hydrogens is 328 g/mol. The highest BCUT2D eigenvalue weighted by molar-refractivity contribution is 7.10. The zero-order valence-electron chi connectivity index (χ0n) is 13.3. The first kappa shape index (κ1) is 15.6. The number of nitrogens with zero attached hydrogens (tertiary/aromatic N) is 2. The van der Waals surface area contributed by atoms with Crippen LogP contribution in [0.4, 0.5) is 4.79 Å². The van der Waals surface area contributed by atoms with Crippen LogP contribution in [0.2, 0.25) is 0 Å². The second-order valence-electron chi connectivity index (χ2n) is 6.12. The number of morpholine rings is 1. The Hall–Kier alpha value is -1.90. The molecule has 0 aliphatic carbocycles. The molecule has 2 N–H and O–H groups in total. The highest BCUT2D eigenvalue weighted by Crippen LogP contribution is 2.34. The number of carbonyl (C=O) groups is 2. The molecule has 1 atom stereocenters. The molecule has 128 valence electrons. The molecule has 1 saturated heterocycles. The Morgan fingerprint density at radius 1 is 1.25 bits per heavy atom. The number of hydrogen-bond acceptors (Lipinski definition) is 5. The van der Waals surface area contributed by atoms with Gasteiger partial charge in [0.25, 0.3) is 5.91 Å². The zero-order valence-corrected chi connectivity index (χ0v) is 14.1. The van der Waals surface area contributed by atoms with Crippen molar-refractivity contribution >= 4 is 23.3 Å². The third-order valence-corrected chi connectivity index (χ3v) is 5.57. The van der Waals surface area contributed by atoms with E-state index in [0.29, 0.717) is 18.7 Å². The van der Waals surface area contributed by atoms with E-state index in [9.17, 15) is 9.59 Å². The molecule has 0 saturated carbocycles. The van der Waals surface area contributed by atoms with Crippen molar-refractivity contribution in [1.29, 1.82) is 0 Å². The zero-order chi connectivity index (χ0) is 16.5. The molecule has 1 fully saturated rings. The lowest BCUT2D eigenvalue weighted by Crippen LogP contribution is -2.44. The van der Waals surface area contributed by atoms with E-state index in [4.69, 9.17) is 4.74 Å². The summed E-state index contributed by atoms with van der Waals surface area (Å²) in [5.74, 6) is 0.0177. The normalized spacial score (nSPS) is 24.8. The number of nitrogens with one attached hydrogen (secondary N) is 2. The van der Waals surface area contributed by atoms with Crippen molar-refractivity contribution in [3.8, 4) is 0 Å². The highest BCUT2D eigenvalue weighted by Gasteiger charge is 2.40. The van der Waals surface area contributed by atoms with Crippen molar-refractivity contribution in [3.63, 3.8) is 0 Å². The molecule has 3 amide bonds. The van der Waals surface area contributed by atoms with E-state index in [1.807, 2.05) is 22.4 Å². The molecule has 8 heteroatoms. The van der Waals surface area contributed by atoms with Gasteiger partial charge >= 0.3 is 6.03 Å². The fourth-order valence-electron chi connectivity index (χ4n) is 3.36. The van der Waals surface area contributed by atoms with E-state index in [1.165, 1.54) is 0 Å². The number of carbonyl (C=O) groups excluding carboxylic acids is 2. The second-order valence-corrected chi connectivity index (χ2v) is 7.10. The number of urea groups is 1. The molecule has 7 nitrogen and oxygen atoms in total. The smallest absolute Gasteiger partial charge is 0.319 e. The molecular formula is C16H20N4O3S. The minimum absolute atomic E-state index is 0.0177. The summed E-state index contributed by atoms with van der Waals surface area (Å²) in [4.78, 5) is 29.9. The van der Waals surface area contributed by atoms with Gasteiger partial charge in [0.05, 0.1) is 37.1 Å².